The van der Waals surface area contributed by atoms with Gasteiger partial charge in [0.2, 0.25) is 11.8 Å². The number of anilines is 1. The van der Waals surface area contributed by atoms with Crippen molar-refractivity contribution in [2.75, 3.05) is 42.6 Å². The molecule has 0 aromatic heterocycles. The molecule has 2 amide bonds. The van der Waals surface area contributed by atoms with Gasteiger partial charge in [-0.25, -0.2) is 0 Å². The molecule has 4 aliphatic rings. The average molecular weight is 401 g/mol. The fourth-order valence-corrected chi connectivity index (χ4v) is 5.87. The molecule has 0 radical (unpaired) electrons. The lowest BCUT2D eigenvalue weighted by molar-refractivity contribution is -0.140. The van der Waals surface area contributed by atoms with Crippen molar-refractivity contribution in [3.63, 3.8) is 0 Å². The van der Waals surface area contributed by atoms with Crippen LogP contribution in [-0.4, -0.2) is 71.3 Å². The first kappa shape index (κ1) is 18.2. The Morgan fingerprint density at radius 3 is 2.71 bits per heavy atom. The van der Waals surface area contributed by atoms with E-state index in [2.05, 4.69) is 0 Å². The highest BCUT2D eigenvalue weighted by atomic mass is 32.2. The van der Waals surface area contributed by atoms with Crippen LogP contribution >= 0.6 is 11.8 Å². The number of rotatable bonds is 4. The van der Waals surface area contributed by atoms with Crippen LogP contribution in [0.5, 0.6) is 0 Å². The molecule has 4 aliphatic heterocycles. The second-order valence-electron chi connectivity index (χ2n) is 7.90. The summed E-state index contributed by atoms with van der Waals surface area (Å²) in [4.78, 5) is 30.3. The molecular weight excluding hydrogens is 376 g/mol. The molecule has 4 heterocycles. The highest BCUT2D eigenvalue weighted by Gasteiger charge is 2.67. The van der Waals surface area contributed by atoms with E-state index in [0.29, 0.717) is 13.0 Å². The van der Waals surface area contributed by atoms with Crippen molar-refractivity contribution in [3.05, 3.63) is 42.0 Å². The van der Waals surface area contributed by atoms with E-state index in [9.17, 15) is 9.59 Å². The van der Waals surface area contributed by atoms with Crippen molar-refractivity contribution in [1.82, 2.24) is 4.90 Å². The molecule has 1 aromatic rings. The highest BCUT2D eigenvalue weighted by Crippen LogP contribution is 2.53. The molecule has 5 rings (SSSR count). The Hall–Kier alpha value is -1.83. The fourth-order valence-electron chi connectivity index (χ4n) is 4.96. The van der Waals surface area contributed by atoms with Crippen LogP contribution in [0.1, 0.15) is 5.56 Å². The van der Waals surface area contributed by atoms with Crippen LogP contribution in [0.4, 0.5) is 5.69 Å². The molecular formula is C21H24N2O4S. The van der Waals surface area contributed by atoms with Gasteiger partial charge in [-0.3, -0.25) is 9.59 Å². The quantitative estimate of drug-likeness (QED) is 0.766. The van der Waals surface area contributed by atoms with Gasteiger partial charge in [-0.2, -0.15) is 11.8 Å². The summed E-state index contributed by atoms with van der Waals surface area (Å²) in [5.41, 5.74) is 1.16. The first-order chi connectivity index (χ1) is 13.6. The van der Waals surface area contributed by atoms with E-state index >= 15 is 0 Å². The van der Waals surface area contributed by atoms with Gasteiger partial charge in [-0.15, -0.1) is 0 Å². The summed E-state index contributed by atoms with van der Waals surface area (Å²) < 4.78 is 6.23. The number of hydrogen-bond acceptors (Lipinski definition) is 5. The van der Waals surface area contributed by atoms with Gasteiger partial charge in [0.05, 0.1) is 24.5 Å². The number of ether oxygens (including phenoxy) is 1. The molecule has 2 bridgehead atoms. The lowest BCUT2D eigenvalue weighted by Crippen LogP contribution is -2.48. The van der Waals surface area contributed by atoms with Crippen LogP contribution in [0.15, 0.2) is 36.4 Å². The Balaban J connectivity index is 1.41. The van der Waals surface area contributed by atoms with Gasteiger partial charge >= 0.3 is 0 Å². The Labute approximate surface area is 168 Å². The number of fused-ring (bicyclic) bond motifs is 1. The zero-order valence-electron chi connectivity index (χ0n) is 15.6. The van der Waals surface area contributed by atoms with Gasteiger partial charge < -0.3 is 19.6 Å². The Kier molecular flexibility index (Phi) is 4.49. The van der Waals surface area contributed by atoms with Crippen molar-refractivity contribution in [2.24, 2.45) is 11.8 Å². The zero-order valence-corrected chi connectivity index (χ0v) is 16.4. The first-order valence-corrected chi connectivity index (χ1v) is 11.0. The maximum Gasteiger partial charge on any atom is 0.234 e. The number of thioether (sulfide) groups is 1. The van der Waals surface area contributed by atoms with Crippen LogP contribution in [-0.2, 0) is 20.7 Å². The van der Waals surface area contributed by atoms with Gasteiger partial charge in [0, 0.05) is 36.9 Å². The molecule has 0 aliphatic carbocycles. The summed E-state index contributed by atoms with van der Waals surface area (Å²) in [6, 6.07) is 7.70. The average Bonchev–Trinajstić information content (AvgIpc) is 3.37. The van der Waals surface area contributed by atoms with Crippen molar-refractivity contribution < 1.29 is 19.4 Å². The van der Waals surface area contributed by atoms with Gasteiger partial charge in [-0.05, 0) is 24.1 Å². The van der Waals surface area contributed by atoms with Gasteiger partial charge in [0.25, 0.3) is 0 Å². The van der Waals surface area contributed by atoms with E-state index < -0.39 is 17.4 Å². The summed E-state index contributed by atoms with van der Waals surface area (Å²) in [5.74, 6) is 1.09. The number of carbonyl (C=O) groups is 2. The molecule has 6 nitrogen and oxygen atoms in total. The Morgan fingerprint density at radius 2 is 2.00 bits per heavy atom. The lowest BCUT2D eigenvalue weighted by Gasteiger charge is -2.32. The minimum absolute atomic E-state index is 0.0218. The predicted molar refractivity (Wildman–Crippen MR) is 107 cm³/mol. The van der Waals surface area contributed by atoms with Crippen molar-refractivity contribution in [2.45, 2.75) is 18.1 Å². The van der Waals surface area contributed by atoms with E-state index in [-0.39, 0.29) is 24.5 Å². The molecule has 3 saturated heterocycles. The normalized spacial score (nSPS) is 33.6. The number of benzene rings is 1. The van der Waals surface area contributed by atoms with Gasteiger partial charge in [-0.1, -0.05) is 24.3 Å². The van der Waals surface area contributed by atoms with E-state index in [1.165, 1.54) is 0 Å². The second-order valence-corrected chi connectivity index (χ2v) is 9.13. The smallest absolute Gasteiger partial charge is 0.234 e. The molecule has 28 heavy (non-hydrogen) atoms. The monoisotopic (exact) mass is 400 g/mol. The summed E-state index contributed by atoms with van der Waals surface area (Å²) >= 11 is 1.86. The molecule has 0 saturated carbocycles. The van der Waals surface area contributed by atoms with E-state index in [4.69, 9.17) is 9.84 Å². The third-order valence-electron chi connectivity index (χ3n) is 6.36. The maximum atomic E-state index is 13.4. The minimum atomic E-state index is -0.684. The van der Waals surface area contributed by atoms with Crippen LogP contribution < -0.4 is 4.90 Å². The summed E-state index contributed by atoms with van der Waals surface area (Å²) in [5, 5.41) is 9.08. The van der Waals surface area contributed by atoms with Crippen LogP contribution in [0.2, 0.25) is 0 Å². The first-order valence-electron chi connectivity index (χ1n) is 9.88. The number of hydrogen-bond donors (Lipinski definition) is 1. The molecule has 1 aromatic carbocycles. The molecule has 3 fully saturated rings. The fraction of sp³-hybridized carbons (Fsp3) is 0.524. The van der Waals surface area contributed by atoms with Crippen LogP contribution in [0.25, 0.3) is 0 Å². The summed E-state index contributed by atoms with van der Waals surface area (Å²) in [7, 11) is 0. The third kappa shape index (κ3) is 2.71. The van der Waals surface area contributed by atoms with Crippen LogP contribution in [0, 0.1) is 11.8 Å². The Morgan fingerprint density at radius 1 is 1.25 bits per heavy atom. The Bertz CT molecular complexity index is 820. The SMILES string of the molecule is O=C([C@@H]1[C@@H]2C=C[C@@]3(CN(c4ccc(CCO)cc4)C(=O)[C@H]13)O2)N1CCSCC1. The highest BCUT2D eigenvalue weighted by molar-refractivity contribution is 7.99. The molecule has 0 unspecified atom stereocenters. The molecule has 7 heteroatoms. The van der Waals surface area contributed by atoms with Crippen molar-refractivity contribution in [3.8, 4) is 0 Å². The van der Waals surface area contributed by atoms with Gasteiger partial charge in [0.1, 0.15) is 5.60 Å². The third-order valence-corrected chi connectivity index (χ3v) is 7.30. The van der Waals surface area contributed by atoms with Crippen LogP contribution in [0.3, 0.4) is 0 Å². The van der Waals surface area contributed by atoms with Crippen molar-refractivity contribution >= 4 is 29.3 Å². The second kappa shape index (κ2) is 6.90. The van der Waals surface area contributed by atoms with E-state index in [1.54, 1.807) is 4.90 Å². The molecule has 1 N–H and O–H groups in total. The number of aliphatic hydroxyl groups is 1. The standard InChI is InChI=1S/C21H24N2O4S/c24-10-6-14-1-3-15(4-2-14)23-13-21-7-5-16(27-21)17(18(21)20(23)26)19(25)22-8-11-28-12-9-22/h1-5,7,16-18,24H,6,8-13H2/t16-,17+,18-,21-/m0/s1. The number of nitrogens with zero attached hydrogens (tertiary/aromatic N) is 2. The minimum Gasteiger partial charge on any atom is -0.396 e. The largest absolute Gasteiger partial charge is 0.396 e. The number of amides is 2. The van der Waals surface area contributed by atoms with Gasteiger partial charge in [0.15, 0.2) is 0 Å². The van der Waals surface area contributed by atoms with E-state index in [0.717, 1.165) is 35.8 Å². The summed E-state index contributed by atoms with van der Waals surface area (Å²) in [6.07, 6.45) is 4.28. The molecule has 148 valence electrons. The van der Waals surface area contributed by atoms with E-state index in [1.807, 2.05) is 53.1 Å². The zero-order chi connectivity index (χ0) is 19.3. The molecule has 1 spiro atoms. The summed E-state index contributed by atoms with van der Waals surface area (Å²) in [6.45, 7) is 2.05. The number of aliphatic hydroxyl groups excluding tert-OH is 1. The lowest BCUT2D eigenvalue weighted by atomic mass is 9.76. The van der Waals surface area contributed by atoms with Crippen molar-refractivity contribution in [1.29, 1.82) is 0 Å². The topological polar surface area (TPSA) is 70.1 Å². The number of carbonyl (C=O) groups excluding carboxylic acids is 2. The maximum absolute atomic E-state index is 13.4. The molecule has 4 atom stereocenters. The predicted octanol–water partition coefficient (Wildman–Crippen LogP) is 1.08.